The number of furan rings is 1. The fraction of sp³-hybridized carbons (Fsp3) is 0.500. The third kappa shape index (κ3) is 1.88. The van der Waals surface area contributed by atoms with Crippen LogP contribution >= 0.6 is 0 Å². The zero-order valence-corrected chi connectivity index (χ0v) is 6.50. The van der Waals surface area contributed by atoms with Gasteiger partial charge in [-0.2, -0.15) is 0 Å². The van der Waals surface area contributed by atoms with Gasteiger partial charge in [-0.1, -0.05) is 6.92 Å². The molecule has 1 aromatic heterocycles. The second-order valence-electron chi connectivity index (χ2n) is 2.41. The Kier molecular flexibility index (Phi) is 2.51. The Morgan fingerprint density at radius 1 is 1.60 bits per heavy atom. The second kappa shape index (κ2) is 3.42. The predicted molar refractivity (Wildman–Crippen MR) is 40.7 cm³/mol. The Balaban J connectivity index is 2.40. The molecule has 0 aliphatic heterocycles. The molecule has 0 aliphatic rings. The molecule has 56 valence electrons. The van der Waals surface area contributed by atoms with E-state index >= 15 is 0 Å². The van der Waals surface area contributed by atoms with Crippen molar-refractivity contribution in [2.24, 2.45) is 0 Å². The summed E-state index contributed by atoms with van der Waals surface area (Å²) in [6.45, 7) is 4.09. The van der Waals surface area contributed by atoms with Gasteiger partial charge >= 0.3 is 0 Å². The standard InChI is InChI=1S/C8H13NO/c1-3-9(2)7-8-5-4-6-10-8/h4-6H,3,7H2,1-2H3. The molecular formula is C8H13NO. The Labute approximate surface area is 61.4 Å². The van der Waals surface area contributed by atoms with Gasteiger partial charge in [0.1, 0.15) is 5.76 Å². The van der Waals surface area contributed by atoms with E-state index in [1.165, 1.54) is 0 Å². The molecule has 0 radical (unpaired) electrons. The van der Waals surface area contributed by atoms with Gasteiger partial charge in [0.2, 0.25) is 0 Å². The lowest BCUT2D eigenvalue weighted by Gasteiger charge is -2.10. The van der Waals surface area contributed by atoms with E-state index < -0.39 is 0 Å². The number of hydrogen-bond acceptors (Lipinski definition) is 2. The van der Waals surface area contributed by atoms with Crippen molar-refractivity contribution in [1.82, 2.24) is 4.90 Å². The first-order chi connectivity index (χ1) is 4.83. The van der Waals surface area contributed by atoms with Crippen LogP contribution in [-0.2, 0) is 6.54 Å². The summed E-state index contributed by atoms with van der Waals surface area (Å²) in [6, 6.07) is 3.91. The normalized spacial score (nSPS) is 10.7. The van der Waals surface area contributed by atoms with Crippen molar-refractivity contribution < 1.29 is 4.42 Å². The van der Waals surface area contributed by atoms with Gasteiger partial charge in [0.15, 0.2) is 0 Å². The van der Waals surface area contributed by atoms with E-state index in [0.717, 1.165) is 18.8 Å². The molecule has 2 nitrogen and oxygen atoms in total. The van der Waals surface area contributed by atoms with Gasteiger partial charge in [-0.25, -0.2) is 0 Å². The third-order valence-corrected chi connectivity index (χ3v) is 1.55. The van der Waals surface area contributed by atoms with Crippen LogP contribution in [0, 0.1) is 0 Å². The molecule has 10 heavy (non-hydrogen) atoms. The van der Waals surface area contributed by atoms with Crippen LogP contribution in [0.5, 0.6) is 0 Å². The van der Waals surface area contributed by atoms with Crippen molar-refractivity contribution in [1.29, 1.82) is 0 Å². The molecule has 0 fully saturated rings. The smallest absolute Gasteiger partial charge is 0.117 e. The third-order valence-electron chi connectivity index (χ3n) is 1.55. The summed E-state index contributed by atoms with van der Waals surface area (Å²) >= 11 is 0. The lowest BCUT2D eigenvalue weighted by atomic mass is 10.4. The number of nitrogens with zero attached hydrogens (tertiary/aromatic N) is 1. The van der Waals surface area contributed by atoms with E-state index in [1.807, 2.05) is 12.1 Å². The maximum absolute atomic E-state index is 5.16. The number of rotatable bonds is 3. The van der Waals surface area contributed by atoms with E-state index in [0.29, 0.717) is 0 Å². The summed E-state index contributed by atoms with van der Waals surface area (Å²) in [7, 11) is 2.07. The largest absolute Gasteiger partial charge is 0.468 e. The van der Waals surface area contributed by atoms with Gasteiger partial charge < -0.3 is 4.42 Å². The van der Waals surface area contributed by atoms with Crippen LogP contribution in [0.25, 0.3) is 0 Å². The lowest BCUT2D eigenvalue weighted by Crippen LogP contribution is -2.15. The number of hydrogen-bond donors (Lipinski definition) is 0. The predicted octanol–water partition coefficient (Wildman–Crippen LogP) is 1.73. The molecule has 0 amide bonds. The van der Waals surface area contributed by atoms with Gasteiger partial charge in [0.25, 0.3) is 0 Å². The Morgan fingerprint density at radius 3 is 2.90 bits per heavy atom. The first-order valence-corrected chi connectivity index (χ1v) is 3.54. The Morgan fingerprint density at radius 2 is 2.40 bits per heavy atom. The Hall–Kier alpha value is -0.760. The van der Waals surface area contributed by atoms with Crippen molar-refractivity contribution in [3.8, 4) is 0 Å². The van der Waals surface area contributed by atoms with Gasteiger partial charge in [0, 0.05) is 0 Å². The molecule has 0 unspecified atom stereocenters. The van der Waals surface area contributed by atoms with E-state index in [9.17, 15) is 0 Å². The monoisotopic (exact) mass is 139 g/mol. The van der Waals surface area contributed by atoms with Crippen LogP contribution in [0.1, 0.15) is 12.7 Å². The van der Waals surface area contributed by atoms with Crippen molar-refractivity contribution in [2.75, 3.05) is 13.6 Å². The molecule has 0 bridgehead atoms. The van der Waals surface area contributed by atoms with Gasteiger partial charge in [-0.15, -0.1) is 0 Å². The molecule has 0 atom stereocenters. The minimum absolute atomic E-state index is 0.906. The summed E-state index contributed by atoms with van der Waals surface area (Å²) in [6.07, 6.45) is 1.71. The summed E-state index contributed by atoms with van der Waals surface area (Å²) in [5.41, 5.74) is 0. The van der Waals surface area contributed by atoms with Crippen LogP contribution < -0.4 is 0 Å². The van der Waals surface area contributed by atoms with Gasteiger partial charge in [0.05, 0.1) is 12.8 Å². The van der Waals surface area contributed by atoms with E-state index in [-0.39, 0.29) is 0 Å². The molecular weight excluding hydrogens is 126 g/mol. The van der Waals surface area contributed by atoms with E-state index in [2.05, 4.69) is 18.9 Å². The molecule has 0 aromatic carbocycles. The lowest BCUT2D eigenvalue weighted by molar-refractivity contribution is 0.309. The highest BCUT2D eigenvalue weighted by atomic mass is 16.3. The highest BCUT2D eigenvalue weighted by molar-refractivity contribution is 4.97. The topological polar surface area (TPSA) is 16.4 Å². The molecule has 2 heteroatoms. The molecule has 0 N–H and O–H groups in total. The summed E-state index contributed by atoms with van der Waals surface area (Å²) in [5, 5.41) is 0. The molecule has 0 saturated carbocycles. The SMILES string of the molecule is CCN(C)Cc1ccco1. The van der Waals surface area contributed by atoms with Crippen molar-refractivity contribution in [2.45, 2.75) is 13.5 Å². The molecule has 0 saturated heterocycles. The van der Waals surface area contributed by atoms with Crippen LogP contribution in [-0.4, -0.2) is 18.5 Å². The summed E-state index contributed by atoms with van der Waals surface area (Å²) in [4.78, 5) is 2.19. The molecule has 1 heterocycles. The minimum atomic E-state index is 0.906. The van der Waals surface area contributed by atoms with Crippen molar-refractivity contribution >= 4 is 0 Å². The highest BCUT2D eigenvalue weighted by Gasteiger charge is 1.97. The fourth-order valence-electron chi connectivity index (χ4n) is 0.780. The van der Waals surface area contributed by atoms with Crippen LogP contribution in [0.4, 0.5) is 0 Å². The first-order valence-electron chi connectivity index (χ1n) is 3.54. The van der Waals surface area contributed by atoms with Crippen LogP contribution in [0.3, 0.4) is 0 Å². The Bertz CT molecular complexity index is 169. The molecule has 1 rings (SSSR count). The average Bonchev–Trinajstić information content (AvgIpc) is 2.40. The zero-order chi connectivity index (χ0) is 7.40. The quantitative estimate of drug-likeness (QED) is 0.634. The molecule has 1 aromatic rings. The minimum Gasteiger partial charge on any atom is -0.468 e. The van der Waals surface area contributed by atoms with Crippen LogP contribution in [0.2, 0.25) is 0 Å². The highest BCUT2D eigenvalue weighted by Crippen LogP contribution is 2.02. The van der Waals surface area contributed by atoms with Gasteiger partial charge in [-0.05, 0) is 25.7 Å². The fourth-order valence-corrected chi connectivity index (χ4v) is 0.780. The maximum atomic E-state index is 5.16. The second-order valence-corrected chi connectivity index (χ2v) is 2.41. The summed E-state index contributed by atoms with van der Waals surface area (Å²) < 4.78 is 5.16. The average molecular weight is 139 g/mol. The first kappa shape index (κ1) is 7.35. The molecule has 0 spiro atoms. The maximum Gasteiger partial charge on any atom is 0.117 e. The van der Waals surface area contributed by atoms with Crippen molar-refractivity contribution in [3.63, 3.8) is 0 Å². The van der Waals surface area contributed by atoms with Crippen molar-refractivity contribution in [3.05, 3.63) is 24.2 Å². The zero-order valence-electron chi connectivity index (χ0n) is 6.50. The van der Waals surface area contributed by atoms with Gasteiger partial charge in [-0.3, -0.25) is 4.90 Å². The summed E-state index contributed by atoms with van der Waals surface area (Å²) in [5.74, 6) is 1.03. The van der Waals surface area contributed by atoms with E-state index in [4.69, 9.17) is 4.42 Å². The van der Waals surface area contributed by atoms with Crippen LogP contribution in [0.15, 0.2) is 22.8 Å². The molecule has 0 aliphatic carbocycles. The van der Waals surface area contributed by atoms with E-state index in [1.54, 1.807) is 6.26 Å².